The zero-order chi connectivity index (χ0) is 13.1. The molecule has 96 valence electrons. The van der Waals surface area contributed by atoms with Crippen LogP contribution >= 0.6 is 31.9 Å². The summed E-state index contributed by atoms with van der Waals surface area (Å²) in [6, 6.07) is 5.56. The van der Waals surface area contributed by atoms with E-state index in [1.807, 2.05) is 25.1 Å². The molecule has 0 bridgehead atoms. The van der Waals surface area contributed by atoms with Crippen LogP contribution in [0.4, 0.5) is 0 Å². The predicted octanol–water partition coefficient (Wildman–Crippen LogP) is 2.91. The summed E-state index contributed by atoms with van der Waals surface area (Å²) in [6.45, 7) is 2.68. The average molecular weight is 385 g/mol. The standard InChI is InChI=1S/C11H15Br2NO2S/c1-3-14-11(7-17(2,15)16)9-6-8(12)4-5-10(9)13/h4-6,11,14H,3,7H2,1-2H3. The van der Waals surface area contributed by atoms with Crippen LogP contribution in [-0.4, -0.2) is 27.0 Å². The third-order valence-corrected chi connectivity index (χ3v) is 4.41. The van der Waals surface area contributed by atoms with Gasteiger partial charge in [-0.3, -0.25) is 0 Å². The molecule has 0 heterocycles. The van der Waals surface area contributed by atoms with Crippen LogP contribution in [0.5, 0.6) is 0 Å². The minimum Gasteiger partial charge on any atom is -0.309 e. The monoisotopic (exact) mass is 383 g/mol. The molecule has 0 aliphatic heterocycles. The molecule has 0 saturated heterocycles. The van der Waals surface area contributed by atoms with E-state index < -0.39 is 9.84 Å². The maximum atomic E-state index is 11.4. The summed E-state index contributed by atoms with van der Waals surface area (Å²) in [5, 5.41) is 3.19. The number of rotatable bonds is 5. The molecule has 0 amide bonds. The molecule has 0 saturated carbocycles. The van der Waals surface area contributed by atoms with E-state index in [2.05, 4.69) is 37.2 Å². The smallest absolute Gasteiger partial charge is 0.149 e. The molecular formula is C11H15Br2NO2S. The van der Waals surface area contributed by atoms with Crippen LogP contribution in [0.25, 0.3) is 0 Å². The molecule has 1 atom stereocenters. The van der Waals surface area contributed by atoms with Crippen LogP contribution in [-0.2, 0) is 9.84 Å². The van der Waals surface area contributed by atoms with Crippen molar-refractivity contribution in [3.63, 3.8) is 0 Å². The van der Waals surface area contributed by atoms with Gasteiger partial charge in [-0.15, -0.1) is 0 Å². The topological polar surface area (TPSA) is 46.2 Å². The fourth-order valence-corrected chi connectivity index (χ4v) is 3.39. The van der Waals surface area contributed by atoms with Crippen molar-refractivity contribution in [1.29, 1.82) is 0 Å². The van der Waals surface area contributed by atoms with Crippen LogP contribution in [0.15, 0.2) is 27.1 Å². The first-order chi connectivity index (χ1) is 7.83. The Morgan fingerprint density at radius 3 is 2.53 bits per heavy atom. The lowest BCUT2D eigenvalue weighted by atomic mass is 10.1. The fourth-order valence-electron chi connectivity index (χ4n) is 1.59. The number of hydrogen-bond acceptors (Lipinski definition) is 3. The molecule has 1 rings (SSSR count). The van der Waals surface area contributed by atoms with Crippen molar-refractivity contribution in [3.8, 4) is 0 Å². The van der Waals surface area contributed by atoms with E-state index in [1.54, 1.807) is 0 Å². The third-order valence-electron chi connectivity index (χ3n) is 2.25. The van der Waals surface area contributed by atoms with E-state index in [-0.39, 0.29) is 11.8 Å². The Bertz CT molecular complexity index is 488. The Balaban J connectivity index is 3.08. The van der Waals surface area contributed by atoms with Gasteiger partial charge in [0.25, 0.3) is 0 Å². The normalized spacial score (nSPS) is 13.6. The molecule has 0 aromatic heterocycles. The van der Waals surface area contributed by atoms with Gasteiger partial charge in [0.1, 0.15) is 9.84 Å². The van der Waals surface area contributed by atoms with Crippen molar-refractivity contribution in [1.82, 2.24) is 5.32 Å². The highest BCUT2D eigenvalue weighted by molar-refractivity contribution is 9.11. The maximum absolute atomic E-state index is 11.4. The highest BCUT2D eigenvalue weighted by Gasteiger charge is 2.18. The summed E-state index contributed by atoms with van der Waals surface area (Å²) in [5.74, 6) is 0.0931. The molecule has 17 heavy (non-hydrogen) atoms. The van der Waals surface area contributed by atoms with Gasteiger partial charge in [0.05, 0.1) is 5.75 Å². The Kier molecular flexibility index (Phi) is 5.63. The molecule has 0 aliphatic rings. The highest BCUT2D eigenvalue weighted by Crippen LogP contribution is 2.27. The van der Waals surface area contributed by atoms with Crippen LogP contribution in [0.1, 0.15) is 18.5 Å². The molecule has 0 aliphatic carbocycles. The molecule has 1 aromatic carbocycles. The summed E-state index contributed by atoms with van der Waals surface area (Å²) < 4.78 is 24.7. The second-order valence-electron chi connectivity index (χ2n) is 3.87. The fraction of sp³-hybridized carbons (Fsp3) is 0.455. The molecule has 1 N–H and O–H groups in total. The van der Waals surface area contributed by atoms with Crippen LogP contribution in [0, 0.1) is 0 Å². The summed E-state index contributed by atoms with van der Waals surface area (Å²) in [4.78, 5) is 0. The van der Waals surface area contributed by atoms with Gasteiger partial charge in [-0.25, -0.2) is 8.42 Å². The maximum Gasteiger partial charge on any atom is 0.149 e. The lowest BCUT2D eigenvalue weighted by Gasteiger charge is -2.19. The molecule has 6 heteroatoms. The number of nitrogens with one attached hydrogen (secondary N) is 1. The van der Waals surface area contributed by atoms with E-state index in [1.165, 1.54) is 6.26 Å². The summed E-state index contributed by atoms with van der Waals surface area (Å²) in [6.07, 6.45) is 1.25. The summed E-state index contributed by atoms with van der Waals surface area (Å²) in [5.41, 5.74) is 0.951. The van der Waals surface area contributed by atoms with Crippen molar-refractivity contribution in [2.75, 3.05) is 18.6 Å². The first kappa shape index (κ1) is 15.1. The second kappa shape index (κ2) is 6.31. The van der Waals surface area contributed by atoms with Crippen molar-refractivity contribution in [3.05, 3.63) is 32.7 Å². The van der Waals surface area contributed by atoms with E-state index in [0.717, 1.165) is 21.1 Å². The Morgan fingerprint density at radius 2 is 2.00 bits per heavy atom. The molecule has 1 aromatic rings. The zero-order valence-corrected chi connectivity index (χ0v) is 13.7. The predicted molar refractivity (Wildman–Crippen MR) is 78.0 cm³/mol. The average Bonchev–Trinajstić information content (AvgIpc) is 2.19. The molecule has 0 fully saturated rings. The van der Waals surface area contributed by atoms with E-state index in [4.69, 9.17) is 0 Å². The Hall–Kier alpha value is 0.0900. The number of halogens is 2. The van der Waals surface area contributed by atoms with Gasteiger partial charge in [0.2, 0.25) is 0 Å². The van der Waals surface area contributed by atoms with Crippen LogP contribution < -0.4 is 5.32 Å². The van der Waals surface area contributed by atoms with Crippen LogP contribution in [0.2, 0.25) is 0 Å². The van der Waals surface area contributed by atoms with Gasteiger partial charge >= 0.3 is 0 Å². The van der Waals surface area contributed by atoms with Gasteiger partial charge in [0, 0.05) is 21.2 Å². The van der Waals surface area contributed by atoms with Crippen LogP contribution in [0.3, 0.4) is 0 Å². The molecule has 1 unspecified atom stereocenters. The van der Waals surface area contributed by atoms with Gasteiger partial charge in [-0.2, -0.15) is 0 Å². The van der Waals surface area contributed by atoms with Crippen molar-refractivity contribution >= 4 is 41.7 Å². The minimum atomic E-state index is -3.02. The molecule has 0 radical (unpaired) electrons. The van der Waals surface area contributed by atoms with E-state index >= 15 is 0 Å². The zero-order valence-electron chi connectivity index (χ0n) is 9.70. The first-order valence-electron chi connectivity index (χ1n) is 5.19. The van der Waals surface area contributed by atoms with E-state index in [0.29, 0.717) is 0 Å². The van der Waals surface area contributed by atoms with Gasteiger partial charge < -0.3 is 5.32 Å². The highest BCUT2D eigenvalue weighted by atomic mass is 79.9. The summed E-state index contributed by atoms with van der Waals surface area (Å²) in [7, 11) is -3.02. The quantitative estimate of drug-likeness (QED) is 0.848. The van der Waals surface area contributed by atoms with Crippen molar-refractivity contribution < 1.29 is 8.42 Å². The SMILES string of the molecule is CCNC(CS(C)(=O)=O)c1cc(Br)ccc1Br. The van der Waals surface area contributed by atoms with Gasteiger partial charge in [0.15, 0.2) is 0 Å². The summed E-state index contributed by atoms with van der Waals surface area (Å²) >= 11 is 6.85. The lowest BCUT2D eigenvalue weighted by Crippen LogP contribution is -2.28. The molecular weight excluding hydrogens is 370 g/mol. The van der Waals surface area contributed by atoms with E-state index in [9.17, 15) is 8.42 Å². The second-order valence-corrected chi connectivity index (χ2v) is 7.82. The number of hydrogen-bond donors (Lipinski definition) is 1. The molecule has 3 nitrogen and oxygen atoms in total. The van der Waals surface area contributed by atoms with Crippen molar-refractivity contribution in [2.24, 2.45) is 0 Å². The minimum absolute atomic E-state index is 0.0931. The lowest BCUT2D eigenvalue weighted by molar-refractivity contribution is 0.562. The van der Waals surface area contributed by atoms with Crippen molar-refractivity contribution in [2.45, 2.75) is 13.0 Å². The van der Waals surface area contributed by atoms with Gasteiger partial charge in [-0.1, -0.05) is 38.8 Å². The largest absolute Gasteiger partial charge is 0.309 e. The van der Waals surface area contributed by atoms with Gasteiger partial charge in [-0.05, 0) is 30.3 Å². The number of sulfone groups is 1. The first-order valence-corrected chi connectivity index (χ1v) is 8.84. The Morgan fingerprint density at radius 1 is 1.35 bits per heavy atom. The Labute approximate surface area is 119 Å². The molecule has 0 spiro atoms. The third kappa shape index (κ3) is 5.07. The number of benzene rings is 1.